The van der Waals surface area contributed by atoms with Crippen molar-refractivity contribution < 1.29 is 9.52 Å². The Hall–Kier alpha value is -1.95. The third kappa shape index (κ3) is 3.05. The number of rotatable bonds is 4. The summed E-state index contributed by atoms with van der Waals surface area (Å²) in [4.78, 5) is 6.33. The molecule has 6 heteroatoms. The lowest BCUT2D eigenvalue weighted by Gasteiger charge is -2.32. The number of pyridine rings is 1. The van der Waals surface area contributed by atoms with Crippen LogP contribution in [0.1, 0.15) is 37.5 Å². The minimum atomic E-state index is -0.498. The number of nitrogens with zero attached hydrogens (tertiary/aromatic N) is 4. The predicted molar refractivity (Wildman–Crippen MR) is 77.8 cm³/mol. The van der Waals surface area contributed by atoms with E-state index in [1.165, 1.54) is 0 Å². The van der Waals surface area contributed by atoms with Gasteiger partial charge in [0.2, 0.25) is 5.89 Å². The van der Waals surface area contributed by atoms with E-state index >= 15 is 0 Å². The fourth-order valence-electron chi connectivity index (χ4n) is 2.71. The van der Waals surface area contributed by atoms with Crippen LogP contribution in [0.4, 0.5) is 6.01 Å². The van der Waals surface area contributed by atoms with Crippen molar-refractivity contribution in [1.82, 2.24) is 15.2 Å². The zero-order chi connectivity index (χ0) is 14.7. The maximum atomic E-state index is 10.4. The number of aliphatic hydroxyl groups is 1. The smallest absolute Gasteiger partial charge is 0.318 e. The summed E-state index contributed by atoms with van der Waals surface area (Å²) in [7, 11) is 0. The van der Waals surface area contributed by atoms with Crippen molar-refractivity contribution in [2.45, 2.75) is 32.3 Å². The molecular formula is C15H20N4O2. The van der Waals surface area contributed by atoms with Gasteiger partial charge in [-0.15, -0.1) is 5.10 Å². The van der Waals surface area contributed by atoms with Gasteiger partial charge in [-0.2, -0.15) is 0 Å². The highest BCUT2D eigenvalue weighted by atomic mass is 16.4. The van der Waals surface area contributed by atoms with Crippen LogP contribution in [-0.4, -0.2) is 33.4 Å². The van der Waals surface area contributed by atoms with E-state index in [-0.39, 0.29) is 5.92 Å². The van der Waals surface area contributed by atoms with E-state index in [2.05, 4.69) is 20.1 Å². The molecule has 1 saturated heterocycles. The van der Waals surface area contributed by atoms with Gasteiger partial charge in [-0.1, -0.05) is 18.1 Å². The molecule has 2 aromatic rings. The summed E-state index contributed by atoms with van der Waals surface area (Å²) in [6, 6.07) is 6.24. The van der Waals surface area contributed by atoms with Gasteiger partial charge in [0, 0.05) is 25.7 Å². The van der Waals surface area contributed by atoms with Crippen LogP contribution in [0.2, 0.25) is 0 Å². The number of anilines is 1. The molecule has 0 unspecified atom stereocenters. The Labute approximate surface area is 123 Å². The van der Waals surface area contributed by atoms with Gasteiger partial charge >= 0.3 is 6.01 Å². The number of hydrogen-bond donors (Lipinski definition) is 1. The Kier molecular flexibility index (Phi) is 4.15. The number of piperidine rings is 1. The first-order valence-electron chi connectivity index (χ1n) is 7.44. The molecule has 0 spiro atoms. The van der Waals surface area contributed by atoms with Gasteiger partial charge < -0.3 is 14.4 Å². The number of aromatic nitrogens is 3. The van der Waals surface area contributed by atoms with Crippen LogP contribution in [0, 0.1) is 5.92 Å². The topological polar surface area (TPSA) is 75.3 Å². The highest BCUT2D eigenvalue weighted by molar-refractivity contribution is 5.25. The minimum absolute atomic E-state index is 0.227. The maximum Gasteiger partial charge on any atom is 0.318 e. The van der Waals surface area contributed by atoms with Crippen molar-refractivity contribution in [3.05, 3.63) is 36.0 Å². The normalized spacial score (nSPS) is 17.9. The Morgan fingerprint density at radius 2 is 2.14 bits per heavy atom. The molecule has 1 atom stereocenters. The van der Waals surface area contributed by atoms with Gasteiger partial charge in [-0.05, 0) is 30.9 Å². The van der Waals surface area contributed by atoms with E-state index in [0.717, 1.165) is 38.0 Å². The van der Waals surface area contributed by atoms with E-state index in [1.807, 2.05) is 25.1 Å². The van der Waals surface area contributed by atoms with Crippen molar-refractivity contribution in [3.8, 4) is 0 Å². The number of aryl methyl sites for hydroxylation is 1. The fourth-order valence-corrected chi connectivity index (χ4v) is 2.71. The molecule has 1 fully saturated rings. The lowest BCUT2D eigenvalue weighted by Crippen LogP contribution is -2.36. The van der Waals surface area contributed by atoms with Gasteiger partial charge in [0.05, 0.1) is 11.8 Å². The summed E-state index contributed by atoms with van der Waals surface area (Å²) in [6.45, 7) is 3.63. The maximum absolute atomic E-state index is 10.4. The quantitative estimate of drug-likeness (QED) is 0.927. The van der Waals surface area contributed by atoms with Gasteiger partial charge in [0.1, 0.15) is 0 Å². The molecule has 1 aliphatic heterocycles. The van der Waals surface area contributed by atoms with Gasteiger partial charge in [0.25, 0.3) is 0 Å². The predicted octanol–water partition coefficient (Wildman–Crippen LogP) is 1.98. The van der Waals surface area contributed by atoms with Crippen molar-refractivity contribution in [2.75, 3.05) is 18.0 Å². The summed E-state index contributed by atoms with van der Waals surface area (Å²) in [5.74, 6) is 0.894. The van der Waals surface area contributed by atoms with Crippen molar-refractivity contribution in [2.24, 2.45) is 5.92 Å². The van der Waals surface area contributed by atoms with Crippen LogP contribution in [-0.2, 0) is 6.42 Å². The van der Waals surface area contributed by atoms with Crippen LogP contribution in [0.5, 0.6) is 0 Å². The van der Waals surface area contributed by atoms with Crippen molar-refractivity contribution >= 4 is 6.01 Å². The summed E-state index contributed by atoms with van der Waals surface area (Å²) in [6.07, 6.45) is 3.76. The average Bonchev–Trinajstić information content (AvgIpc) is 3.04. The Morgan fingerprint density at radius 1 is 1.33 bits per heavy atom. The van der Waals surface area contributed by atoms with Crippen LogP contribution in [0.25, 0.3) is 0 Å². The first-order valence-corrected chi connectivity index (χ1v) is 7.44. The Morgan fingerprint density at radius 3 is 2.76 bits per heavy atom. The first kappa shape index (κ1) is 14.0. The highest BCUT2D eigenvalue weighted by Gasteiger charge is 2.28. The van der Waals surface area contributed by atoms with Crippen molar-refractivity contribution in [1.29, 1.82) is 0 Å². The molecule has 6 nitrogen and oxygen atoms in total. The van der Waals surface area contributed by atoms with E-state index in [1.54, 1.807) is 6.20 Å². The molecule has 112 valence electrons. The first-order chi connectivity index (χ1) is 10.3. The van der Waals surface area contributed by atoms with E-state index in [4.69, 9.17) is 4.42 Å². The minimum Gasteiger partial charge on any atom is -0.408 e. The summed E-state index contributed by atoms with van der Waals surface area (Å²) < 4.78 is 5.58. The lowest BCUT2D eigenvalue weighted by molar-refractivity contribution is 0.0884. The van der Waals surface area contributed by atoms with Crippen LogP contribution < -0.4 is 4.90 Å². The second-order valence-corrected chi connectivity index (χ2v) is 5.36. The summed E-state index contributed by atoms with van der Waals surface area (Å²) >= 11 is 0. The molecule has 1 N–H and O–H groups in total. The van der Waals surface area contributed by atoms with Gasteiger partial charge in [-0.25, -0.2) is 0 Å². The SMILES string of the molecule is CCc1nnc(N2CCC([C@H](O)c3ccccn3)CC2)o1. The average molecular weight is 288 g/mol. The molecule has 3 rings (SSSR count). The van der Waals surface area contributed by atoms with E-state index in [9.17, 15) is 5.11 Å². The van der Waals surface area contributed by atoms with Crippen LogP contribution in [0.15, 0.2) is 28.8 Å². The third-order valence-corrected chi connectivity index (χ3v) is 4.01. The second-order valence-electron chi connectivity index (χ2n) is 5.36. The van der Waals surface area contributed by atoms with Crippen LogP contribution in [0.3, 0.4) is 0 Å². The molecule has 1 aliphatic rings. The van der Waals surface area contributed by atoms with Crippen LogP contribution >= 0.6 is 0 Å². The van der Waals surface area contributed by atoms with E-state index < -0.39 is 6.10 Å². The summed E-state index contributed by atoms with van der Waals surface area (Å²) in [5, 5.41) is 18.5. The Bertz CT molecular complexity index is 564. The number of aliphatic hydroxyl groups excluding tert-OH is 1. The molecule has 2 aromatic heterocycles. The lowest BCUT2D eigenvalue weighted by atomic mass is 9.89. The summed E-state index contributed by atoms with van der Waals surface area (Å²) in [5.41, 5.74) is 0.752. The second kappa shape index (κ2) is 6.22. The zero-order valence-electron chi connectivity index (χ0n) is 12.1. The van der Waals surface area contributed by atoms with Gasteiger partial charge in [-0.3, -0.25) is 4.98 Å². The fraction of sp³-hybridized carbons (Fsp3) is 0.533. The molecule has 0 aliphatic carbocycles. The molecule has 0 radical (unpaired) electrons. The zero-order valence-corrected chi connectivity index (χ0v) is 12.1. The molecule has 3 heterocycles. The Balaban J connectivity index is 1.60. The van der Waals surface area contributed by atoms with Gasteiger partial charge in [0.15, 0.2) is 0 Å². The number of hydrogen-bond acceptors (Lipinski definition) is 6. The molecule has 0 aromatic carbocycles. The molecule has 0 saturated carbocycles. The molecule has 21 heavy (non-hydrogen) atoms. The van der Waals surface area contributed by atoms with E-state index in [0.29, 0.717) is 11.9 Å². The third-order valence-electron chi connectivity index (χ3n) is 4.01. The van der Waals surface area contributed by atoms with Crippen molar-refractivity contribution in [3.63, 3.8) is 0 Å². The molecular weight excluding hydrogens is 268 g/mol. The monoisotopic (exact) mass is 288 g/mol. The standard InChI is InChI=1S/C15H20N4O2/c1-2-13-17-18-15(21-13)19-9-6-11(7-10-19)14(20)12-5-3-4-8-16-12/h3-5,8,11,14,20H,2,6-7,9-10H2,1H3/t14-/m0/s1. The molecule has 0 bridgehead atoms. The highest BCUT2D eigenvalue weighted by Crippen LogP contribution is 2.31. The largest absolute Gasteiger partial charge is 0.408 e. The molecule has 0 amide bonds.